The van der Waals surface area contributed by atoms with Crippen molar-refractivity contribution in [3.8, 4) is 0 Å². The number of hydrogen-bond acceptors (Lipinski definition) is 3. The molecule has 3 rings (SSSR count). The van der Waals surface area contributed by atoms with Gasteiger partial charge in [0.25, 0.3) is 0 Å². The van der Waals surface area contributed by atoms with Gasteiger partial charge in [0.15, 0.2) is 0 Å². The Morgan fingerprint density at radius 3 is 2.95 bits per heavy atom. The Hall–Kier alpha value is -2.14. The van der Waals surface area contributed by atoms with Crippen LogP contribution in [-0.4, -0.2) is 32.2 Å². The standard InChI is InChI=1S/C16H20N4O/c1-3-21-16(2,12-20-9-8-18-19-20)10-13-11-17-15-7-5-4-6-14(13)15/h4-9,11,17H,3,10,12H2,1-2H3. The van der Waals surface area contributed by atoms with Crippen molar-refractivity contribution in [3.05, 3.63) is 48.4 Å². The van der Waals surface area contributed by atoms with Crippen molar-refractivity contribution >= 4 is 10.9 Å². The number of ether oxygens (including phenoxy) is 1. The minimum Gasteiger partial charge on any atom is -0.373 e. The molecule has 21 heavy (non-hydrogen) atoms. The van der Waals surface area contributed by atoms with E-state index in [4.69, 9.17) is 4.74 Å². The Morgan fingerprint density at radius 2 is 2.19 bits per heavy atom. The van der Waals surface area contributed by atoms with E-state index in [1.54, 1.807) is 6.20 Å². The lowest BCUT2D eigenvalue weighted by Crippen LogP contribution is -2.37. The van der Waals surface area contributed by atoms with Gasteiger partial charge in [0, 0.05) is 36.3 Å². The van der Waals surface area contributed by atoms with Crippen LogP contribution in [0.1, 0.15) is 19.4 Å². The molecule has 1 unspecified atom stereocenters. The molecule has 5 nitrogen and oxygen atoms in total. The molecule has 1 atom stereocenters. The Morgan fingerprint density at radius 1 is 1.33 bits per heavy atom. The highest BCUT2D eigenvalue weighted by Gasteiger charge is 2.27. The summed E-state index contributed by atoms with van der Waals surface area (Å²) in [4.78, 5) is 3.32. The van der Waals surface area contributed by atoms with Crippen molar-refractivity contribution in [1.82, 2.24) is 20.0 Å². The first kappa shape index (κ1) is 13.8. The Balaban J connectivity index is 1.87. The summed E-state index contributed by atoms with van der Waals surface area (Å²) in [7, 11) is 0. The van der Waals surface area contributed by atoms with Crippen molar-refractivity contribution in [1.29, 1.82) is 0 Å². The lowest BCUT2D eigenvalue weighted by atomic mass is 9.95. The number of para-hydroxylation sites is 1. The molecule has 0 aliphatic heterocycles. The zero-order valence-corrected chi connectivity index (χ0v) is 12.4. The van der Waals surface area contributed by atoms with Crippen molar-refractivity contribution in [3.63, 3.8) is 0 Å². The molecule has 0 radical (unpaired) electrons. The molecule has 3 aromatic rings. The molecule has 110 valence electrons. The van der Waals surface area contributed by atoms with Gasteiger partial charge in [-0.05, 0) is 25.5 Å². The van der Waals surface area contributed by atoms with Crippen LogP contribution in [0.25, 0.3) is 10.9 Å². The third-order valence-corrected chi connectivity index (χ3v) is 3.70. The molecular weight excluding hydrogens is 264 g/mol. The molecule has 1 aromatic carbocycles. The fourth-order valence-electron chi connectivity index (χ4n) is 2.84. The maximum absolute atomic E-state index is 6.02. The number of nitrogens with zero attached hydrogens (tertiary/aromatic N) is 3. The average molecular weight is 284 g/mol. The lowest BCUT2D eigenvalue weighted by molar-refractivity contribution is -0.0391. The number of fused-ring (bicyclic) bond motifs is 1. The van der Waals surface area contributed by atoms with Crippen molar-refractivity contribution in [2.24, 2.45) is 0 Å². The molecule has 2 aromatic heterocycles. The number of hydrogen-bond donors (Lipinski definition) is 1. The summed E-state index contributed by atoms with van der Waals surface area (Å²) in [6.07, 6.45) is 6.46. The molecule has 2 heterocycles. The summed E-state index contributed by atoms with van der Waals surface area (Å²) in [6, 6.07) is 8.34. The smallest absolute Gasteiger partial charge is 0.0890 e. The molecule has 0 aliphatic rings. The lowest BCUT2D eigenvalue weighted by Gasteiger charge is -2.29. The van der Waals surface area contributed by atoms with E-state index in [0.717, 1.165) is 11.9 Å². The van der Waals surface area contributed by atoms with Gasteiger partial charge < -0.3 is 9.72 Å². The van der Waals surface area contributed by atoms with Gasteiger partial charge in [-0.25, -0.2) is 4.68 Å². The average Bonchev–Trinajstić information content (AvgIpc) is 3.09. The van der Waals surface area contributed by atoms with Crippen LogP contribution in [0, 0.1) is 0 Å². The highest BCUT2D eigenvalue weighted by Crippen LogP contribution is 2.25. The van der Waals surface area contributed by atoms with Crippen molar-refractivity contribution in [2.45, 2.75) is 32.4 Å². The number of aromatic nitrogens is 4. The van der Waals surface area contributed by atoms with E-state index in [9.17, 15) is 0 Å². The third-order valence-electron chi connectivity index (χ3n) is 3.70. The predicted octanol–water partition coefficient (Wildman–Crippen LogP) is 2.80. The zero-order chi connectivity index (χ0) is 14.7. The van der Waals surface area contributed by atoms with Gasteiger partial charge in [-0.2, -0.15) is 0 Å². The molecule has 0 saturated heterocycles. The van der Waals surface area contributed by atoms with Gasteiger partial charge in [0.2, 0.25) is 0 Å². The van der Waals surface area contributed by atoms with Crippen molar-refractivity contribution < 1.29 is 4.74 Å². The van der Waals surface area contributed by atoms with Gasteiger partial charge in [0.05, 0.1) is 18.3 Å². The van der Waals surface area contributed by atoms with Gasteiger partial charge in [-0.15, -0.1) is 5.10 Å². The maximum Gasteiger partial charge on any atom is 0.0890 e. The summed E-state index contributed by atoms with van der Waals surface area (Å²) in [5.74, 6) is 0. The predicted molar refractivity (Wildman–Crippen MR) is 82.1 cm³/mol. The minimum absolute atomic E-state index is 0.312. The highest BCUT2D eigenvalue weighted by molar-refractivity contribution is 5.83. The molecule has 0 saturated carbocycles. The summed E-state index contributed by atoms with van der Waals surface area (Å²) in [6.45, 7) is 5.50. The van der Waals surface area contributed by atoms with Crippen LogP contribution in [0.5, 0.6) is 0 Å². The van der Waals surface area contributed by atoms with E-state index >= 15 is 0 Å². The van der Waals surface area contributed by atoms with Crippen LogP contribution in [-0.2, 0) is 17.7 Å². The second kappa shape index (κ2) is 5.69. The number of rotatable bonds is 6. The molecule has 0 aliphatic carbocycles. The van der Waals surface area contributed by atoms with Gasteiger partial charge in [0.1, 0.15) is 0 Å². The summed E-state index contributed by atoms with van der Waals surface area (Å²) < 4.78 is 7.85. The van der Waals surface area contributed by atoms with Gasteiger partial charge in [-0.3, -0.25) is 0 Å². The number of H-pyrrole nitrogens is 1. The summed E-state index contributed by atoms with van der Waals surface area (Å²) >= 11 is 0. The summed E-state index contributed by atoms with van der Waals surface area (Å²) in [5.41, 5.74) is 2.11. The van der Waals surface area contributed by atoms with Crippen LogP contribution in [0.2, 0.25) is 0 Å². The van der Waals surface area contributed by atoms with E-state index < -0.39 is 0 Å². The molecule has 0 amide bonds. The quantitative estimate of drug-likeness (QED) is 0.757. The largest absolute Gasteiger partial charge is 0.373 e. The molecule has 1 N–H and O–H groups in total. The first-order valence-corrected chi connectivity index (χ1v) is 7.23. The number of benzene rings is 1. The fourth-order valence-corrected chi connectivity index (χ4v) is 2.84. The van der Waals surface area contributed by atoms with Gasteiger partial charge >= 0.3 is 0 Å². The van der Waals surface area contributed by atoms with Crippen LogP contribution < -0.4 is 0 Å². The number of aromatic amines is 1. The minimum atomic E-state index is -0.312. The Bertz CT molecular complexity index is 704. The normalized spacial score (nSPS) is 14.4. The zero-order valence-electron chi connectivity index (χ0n) is 12.4. The van der Waals surface area contributed by atoms with E-state index in [2.05, 4.69) is 46.6 Å². The van der Waals surface area contributed by atoms with E-state index in [0.29, 0.717) is 13.2 Å². The Labute approximate surface area is 123 Å². The maximum atomic E-state index is 6.02. The van der Waals surface area contributed by atoms with E-state index in [1.807, 2.05) is 23.9 Å². The highest BCUT2D eigenvalue weighted by atomic mass is 16.5. The third kappa shape index (κ3) is 2.97. The molecule has 0 spiro atoms. The number of nitrogens with one attached hydrogen (secondary N) is 1. The second-order valence-electron chi connectivity index (χ2n) is 5.52. The first-order valence-electron chi connectivity index (χ1n) is 7.23. The SMILES string of the molecule is CCOC(C)(Cc1c[nH]c2ccccc12)Cn1ccnn1. The van der Waals surface area contributed by atoms with E-state index in [-0.39, 0.29) is 5.60 Å². The molecular formula is C16H20N4O. The van der Waals surface area contributed by atoms with Crippen molar-refractivity contribution in [2.75, 3.05) is 6.61 Å². The molecule has 0 bridgehead atoms. The van der Waals surface area contributed by atoms with Crippen LogP contribution >= 0.6 is 0 Å². The van der Waals surface area contributed by atoms with Crippen LogP contribution in [0.4, 0.5) is 0 Å². The van der Waals surface area contributed by atoms with Gasteiger partial charge in [-0.1, -0.05) is 23.4 Å². The molecule has 0 fully saturated rings. The Kier molecular flexibility index (Phi) is 3.75. The summed E-state index contributed by atoms with van der Waals surface area (Å²) in [5, 5.41) is 9.17. The van der Waals surface area contributed by atoms with Crippen LogP contribution in [0.15, 0.2) is 42.9 Å². The molecule has 5 heteroatoms. The van der Waals surface area contributed by atoms with Crippen LogP contribution in [0.3, 0.4) is 0 Å². The fraction of sp³-hybridized carbons (Fsp3) is 0.375. The topological polar surface area (TPSA) is 55.7 Å². The second-order valence-corrected chi connectivity index (χ2v) is 5.52. The first-order chi connectivity index (χ1) is 10.2. The van der Waals surface area contributed by atoms with E-state index in [1.165, 1.54) is 10.9 Å². The monoisotopic (exact) mass is 284 g/mol.